The Kier molecular flexibility index (Phi) is 4.92. The number of hydrogen-bond acceptors (Lipinski definition) is 5. The highest BCUT2D eigenvalue weighted by molar-refractivity contribution is 5.91. The van der Waals surface area contributed by atoms with Crippen LogP contribution in [0.5, 0.6) is 0 Å². The highest BCUT2D eigenvalue weighted by Crippen LogP contribution is 2.20. The molecule has 0 unspecified atom stereocenters. The molecule has 3 aromatic rings. The smallest absolute Gasteiger partial charge is 0.226 e. The van der Waals surface area contributed by atoms with Gasteiger partial charge in [0.1, 0.15) is 0 Å². The van der Waals surface area contributed by atoms with Crippen LogP contribution in [-0.2, 0) is 18.3 Å². The summed E-state index contributed by atoms with van der Waals surface area (Å²) in [6.45, 7) is 3.87. The molecule has 0 saturated heterocycles. The Morgan fingerprint density at radius 2 is 2.08 bits per heavy atom. The van der Waals surface area contributed by atoms with Crippen molar-refractivity contribution in [1.29, 1.82) is 0 Å². The van der Waals surface area contributed by atoms with Gasteiger partial charge in [0.15, 0.2) is 0 Å². The third-order valence-corrected chi connectivity index (χ3v) is 3.94. The summed E-state index contributed by atoms with van der Waals surface area (Å²) < 4.78 is 6.97. The van der Waals surface area contributed by atoms with Crippen molar-refractivity contribution >= 4 is 11.6 Å². The van der Waals surface area contributed by atoms with E-state index in [1.165, 1.54) is 0 Å². The molecule has 0 bridgehead atoms. The number of amides is 1. The van der Waals surface area contributed by atoms with Crippen LogP contribution in [0.3, 0.4) is 0 Å². The molecule has 0 spiro atoms. The molecule has 25 heavy (non-hydrogen) atoms. The molecular weight excluding hydrogens is 318 g/mol. The third-order valence-electron chi connectivity index (χ3n) is 3.94. The number of carbonyl (C=O) groups is 1. The largest absolute Gasteiger partial charge is 0.339 e. The Morgan fingerprint density at radius 1 is 1.28 bits per heavy atom. The summed E-state index contributed by atoms with van der Waals surface area (Å²) >= 11 is 0. The standard InChI is InChI=1S/C18H21N5O2/c1-12-7-4-5-8-14(12)18-20-17(25-22-18)10-6-9-16(24)19-15-11-23(3)21-13(15)2/h4-5,7-8,11H,6,9-10H2,1-3H3,(H,19,24). The van der Waals surface area contributed by atoms with E-state index in [0.717, 1.165) is 22.5 Å². The molecule has 0 saturated carbocycles. The first-order valence-corrected chi connectivity index (χ1v) is 8.21. The number of anilines is 1. The molecule has 2 aromatic heterocycles. The summed E-state index contributed by atoms with van der Waals surface area (Å²) in [5, 5.41) is 11.1. The van der Waals surface area contributed by atoms with Crippen molar-refractivity contribution in [1.82, 2.24) is 19.9 Å². The lowest BCUT2D eigenvalue weighted by atomic mass is 10.1. The molecule has 2 heterocycles. The van der Waals surface area contributed by atoms with Gasteiger partial charge in [-0.05, 0) is 25.8 Å². The quantitative estimate of drug-likeness (QED) is 0.746. The number of carbonyl (C=O) groups excluding carboxylic acids is 1. The number of nitrogens with zero attached hydrogens (tertiary/aromatic N) is 4. The minimum atomic E-state index is -0.0465. The summed E-state index contributed by atoms with van der Waals surface area (Å²) in [6.07, 6.45) is 3.38. The van der Waals surface area contributed by atoms with E-state index in [4.69, 9.17) is 4.52 Å². The van der Waals surface area contributed by atoms with Crippen molar-refractivity contribution in [3.63, 3.8) is 0 Å². The summed E-state index contributed by atoms with van der Waals surface area (Å²) in [6, 6.07) is 7.90. The molecule has 0 aliphatic carbocycles. The molecule has 130 valence electrons. The van der Waals surface area contributed by atoms with E-state index in [-0.39, 0.29) is 5.91 Å². The van der Waals surface area contributed by atoms with Crippen molar-refractivity contribution in [2.75, 3.05) is 5.32 Å². The summed E-state index contributed by atoms with van der Waals surface area (Å²) in [4.78, 5) is 16.4. The predicted octanol–water partition coefficient (Wildman–Crippen LogP) is 3.05. The molecule has 0 aliphatic rings. The van der Waals surface area contributed by atoms with Crippen molar-refractivity contribution < 1.29 is 9.32 Å². The fourth-order valence-corrected chi connectivity index (χ4v) is 2.62. The van der Waals surface area contributed by atoms with Crippen LogP contribution in [0.25, 0.3) is 11.4 Å². The van der Waals surface area contributed by atoms with E-state index in [2.05, 4.69) is 20.6 Å². The zero-order chi connectivity index (χ0) is 17.8. The zero-order valence-corrected chi connectivity index (χ0v) is 14.6. The number of aromatic nitrogens is 4. The van der Waals surface area contributed by atoms with E-state index < -0.39 is 0 Å². The monoisotopic (exact) mass is 339 g/mol. The highest BCUT2D eigenvalue weighted by Gasteiger charge is 2.12. The zero-order valence-electron chi connectivity index (χ0n) is 14.6. The normalized spacial score (nSPS) is 10.8. The topological polar surface area (TPSA) is 85.8 Å². The fraction of sp³-hybridized carbons (Fsp3) is 0.333. The van der Waals surface area contributed by atoms with Gasteiger partial charge in [0.25, 0.3) is 0 Å². The van der Waals surface area contributed by atoms with Gasteiger partial charge in [-0.2, -0.15) is 10.1 Å². The van der Waals surface area contributed by atoms with Gasteiger partial charge in [0, 0.05) is 31.6 Å². The van der Waals surface area contributed by atoms with E-state index in [9.17, 15) is 4.79 Å². The van der Waals surface area contributed by atoms with Crippen LogP contribution in [0.1, 0.15) is 30.0 Å². The molecule has 0 radical (unpaired) electrons. The lowest BCUT2D eigenvalue weighted by Crippen LogP contribution is -2.11. The van der Waals surface area contributed by atoms with E-state index in [0.29, 0.717) is 31.0 Å². The van der Waals surface area contributed by atoms with Gasteiger partial charge < -0.3 is 9.84 Å². The number of benzene rings is 1. The van der Waals surface area contributed by atoms with Crippen molar-refractivity contribution in [2.45, 2.75) is 33.1 Å². The highest BCUT2D eigenvalue weighted by atomic mass is 16.5. The molecule has 7 nitrogen and oxygen atoms in total. The second-order valence-electron chi connectivity index (χ2n) is 6.03. The van der Waals surface area contributed by atoms with Crippen molar-refractivity contribution in [3.8, 4) is 11.4 Å². The minimum absolute atomic E-state index is 0.0465. The van der Waals surface area contributed by atoms with Gasteiger partial charge in [-0.1, -0.05) is 29.4 Å². The second-order valence-corrected chi connectivity index (χ2v) is 6.03. The number of nitrogens with one attached hydrogen (secondary N) is 1. The van der Waals surface area contributed by atoms with Gasteiger partial charge in [-0.15, -0.1) is 0 Å². The van der Waals surface area contributed by atoms with Gasteiger partial charge in [-0.3, -0.25) is 9.48 Å². The Balaban J connectivity index is 1.52. The maximum atomic E-state index is 12.0. The molecule has 0 atom stereocenters. The first kappa shape index (κ1) is 16.9. The molecule has 7 heteroatoms. The van der Waals surface area contributed by atoms with Crippen molar-refractivity contribution in [2.24, 2.45) is 7.05 Å². The lowest BCUT2D eigenvalue weighted by molar-refractivity contribution is -0.116. The molecule has 0 fully saturated rings. The molecular formula is C18H21N5O2. The summed E-state index contributed by atoms with van der Waals surface area (Å²) in [7, 11) is 1.82. The first-order chi connectivity index (χ1) is 12.0. The minimum Gasteiger partial charge on any atom is -0.339 e. The Hall–Kier alpha value is -2.96. The van der Waals surface area contributed by atoms with Gasteiger partial charge in [-0.25, -0.2) is 0 Å². The third kappa shape index (κ3) is 4.12. The van der Waals surface area contributed by atoms with Gasteiger partial charge in [0.2, 0.25) is 17.6 Å². The molecule has 1 N–H and O–H groups in total. The number of aryl methyl sites for hydroxylation is 4. The average molecular weight is 339 g/mol. The van der Waals surface area contributed by atoms with Crippen LogP contribution >= 0.6 is 0 Å². The molecule has 1 aromatic carbocycles. The first-order valence-electron chi connectivity index (χ1n) is 8.21. The fourth-order valence-electron chi connectivity index (χ4n) is 2.62. The van der Waals surface area contributed by atoms with E-state index in [1.54, 1.807) is 10.9 Å². The molecule has 1 amide bonds. The second kappa shape index (κ2) is 7.29. The maximum absolute atomic E-state index is 12.0. The summed E-state index contributed by atoms with van der Waals surface area (Å²) in [5.74, 6) is 1.09. The van der Waals surface area contributed by atoms with Crippen molar-refractivity contribution in [3.05, 3.63) is 47.6 Å². The van der Waals surface area contributed by atoms with Crippen LogP contribution in [-0.4, -0.2) is 25.8 Å². The van der Waals surface area contributed by atoms with Crippen LogP contribution in [0.2, 0.25) is 0 Å². The maximum Gasteiger partial charge on any atom is 0.226 e. The number of rotatable bonds is 6. The average Bonchev–Trinajstić information content (AvgIpc) is 3.15. The van der Waals surface area contributed by atoms with Crippen LogP contribution in [0, 0.1) is 13.8 Å². The molecule has 0 aliphatic heterocycles. The lowest BCUT2D eigenvalue weighted by Gasteiger charge is -2.02. The Labute approximate surface area is 146 Å². The summed E-state index contributed by atoms with van der Waals surface area (Å²) in [5.41, 5.74) is 3.60. The van der Waals surface area contributed by atoms with Crippen LogP contribution in [0.15, 0.2) is 35.0 Å². The van der Waals surface area contributed by atoms with E-state index >= 15 is 0 Å². The van der Waals surface area contributed by atoms with Crippen LogP contribution in [0.4, 0.5) is 5.69 Å². The van der Waals surface area contributed by atoms with Gasteiger partial charge >= 0.3 is 0 Å². The number of hydrogen-bond donors (Lipinski definition) is 1. The Morgan fingerprint density at radius 3 is 2.80 bits per heavy atom. The van der Waals surface area contributed by atoms with E-state index in [1.807, 2.05) is 45.2 Å². The SMILES string of the molecule is Cc1ccccc1-c1noc(CCCC(=O)Nc2cn(C)nc2C)n1. The molecule has 3 rings (SSSR count). The van der Waals surface area contributed by atoms with Crippen LogP contribution < -0.4 is 5.32 Å². The van der Waals surface area contributed by atoms with Gasteiger partial charge in [0.05, 0.1) is 11.4 Å². The Bertz CT molecular complexity index is 881. The predicted molar refractivity (Wildman–Crippen MR) is 94.0 cm³/mol.